The van der Waals surface area contributed by atoms with E-state index in [1.54, 1.807) is 0 Å². The van der Waals surface area contributed by atoms with Crippen molar-refractivity contribution in [3.63, 3.8) is 0 Å². The Bertz CT molecular complexity index is 962. The van der Waals surface area contributed by atoms with Crippen LogP contribution in [0, 0.1) is 0 Å². The molecule has 8 heteroatoms. The molecule has 0 unspecified atom stereocenters. The third-order valence-corrected chi connectivity index (χ3v) is 5.42. The van der Waals surface area contributed by atoms with Gasteiger partial charge in [0.05, 0.1) is 6.20 Å². The second-order valence-corrected chi connectivity index (χ2v) is 7.94. The smallest absolute Gasteiger partial charge is 0.243 e. The molecule has 1 saturated heterocycles. The number of halogens is 1. The minimum Gasteiger partial charge on any atom is -0.437 e. The van der Waals surface area contributed by atoms with Gasteiger partial charge in [-0.1, -0.05) is 29.8 Å². The quantitative estimate of drug-likeness (QED) is 0.542. The molecule has 0 atom stereocenters. The summed E-state index contributed by atoms with van der Waals surface area (Å²) >= 11 is 6.19. The topological polar surface area (TPSA) is 65.5 Å². The van der Waals surface area contributed by atoms with Crippen molar-refractivity contribution >= 4 is 28.9 Å². The van der Waals surface area contributed by atoms with Gasteiger partial charge >= 0.3 is 0 Å². The zero-order valence-electron chi connectivity index (χ0n) is 17.6. The Balaban J connectivity index is 1.30. The first-order chi connectivity index (χ1) is 15.2. The van der Waals surface area contributed by atoms with Gasteiger partial charge in [0.15, 0.2) is 0 Å². The normalized spacial score (nSPS) is 14.9. The van der Waals surface area contributed by atoms with Crippen LogP contribution in [0.15, 0.2) is 60.8 Å². The highest BCUT2D eigenvalue weighted by Gasteiger charge is 2.13. The summed E-state index contributed by atoms with van der Waals surface area (Å²) in [6.07, 6.45) is 1.53. The van der Waals surface area contributed by atoms with Gasteiger partial charge in [-0.25, -0.2) is 4.98 Å². The SMILES string of the molecule is CN1CCN(CCNc2ccc(Nc3ncc(Cl)c(Oc4ccccc4)n3)cc2)CC1. The van der Waals surface area contributed by atoms with Gasteiger partial charge in [-0.15, -0.1) is 0 Å². The predicted octanol–water partition coefficient (Wildman–Crippen LogP) is 4.33. The molecule has 0 radical (unpaired) electrons. The molecule has 2 aromatic carbocycles. The van der Waals surface area contributed by atoms with Crippen LogP contribution in [0.3, 0.4) is 0 Å². The van der Waals surface area contributed by atoms with Crippen molar-refractivity contribution in [3.8, 4) is 11.6 Å². The first-order valence-electron chi connectivity index (χ1n) is 10.4. The summed E-state index contributed by atoms with van der Waals surface area (Å²) < 4.78 is 5.77. The average molecular weight is 439 g/mol. The first-order valence-corrected chi connectivity index (χ1v) is 10.8. The zero-order valence-corrected chi connectivity index (χ0v) is 18.3. The predicted molar refractivity (Wildman–Crippen MR) is 126 cm³/mol. The van der Waals surface area contributed by atoms with Crippen LogP contribution < -0.4 is 15.4 Å². The fourth-order valence-electron chi connectivity index (χ4n) is 3.31. The molecule has 1 fully saturated rings. The van der Waals surface area contributed by atoms with E-state index in [2.05, 4.69) is 37.4 Å². The Morgan fingerprint density at radius 1 is 0.968 bits per heavy atom. The van der Waals surface area contributed by atoms with Crippen LogP contribution in [0.4, 0.5) is 17.3 Å². The maximum absolute atomic E-state index is 6.19. The van der Waals surface area contributed by atoms with Crippen LogP contribution >= 0.6 is 11.6 Å². The number of anilines is 3. The highest BCUT2D eigenvalue weighted by Crippen LogP contribution is 2.28. The van der Waals surface area contributed by atoms with Crippen molar-refractivity contribution in [2.75, 3.05) is 56.9 Å². The van der Waals surface area contributed by atoms with Gasteiger partial charge in [-0.2, -0.15) is 4.98 Å². The summed E-state index contributed by atoms with van der Waals surface area (Å²) in [5.41, 5.74) is 1.97. The second-order valence-electron chi connectivity index (χ2n) is 7.54. The van der Waals surface area contributed by atoms with Crippen LogP contribution in [0.2, 0.25) is 5.02 Å². The number of nitrogens with one attached hydrogen (secondary N) is 2. The lowest BCUT2D eigenvalue weighted by Gasteiger charge is -2.32. The maximum atomic E-state index is 6.19. The Hall–Kier alpha value is -2.87. The Labute approximate surface area is 188 Å². The molecule has 7 nitrogen and oxygen atoms in total. The van der Waals surface area contributed by atoms with Crippen LogP contribution in [0.1, 0.15) is 0 Å². The van der Waals surface area contributed by atoms with Crippen molar-refractivity contribution < 1.29 is 4.74 Å². The monoisotopic (exact) mass is 438 g/mol. The molecule has 0 bridgehead atoms. The third-order valence-electron chi connectivity index (χ3n) is 5.16. The molecule has 162 valence electrons. The molecule has 0 amide bonds. The molecule has 2 N–H and O–H groups in total. The lowest BCUT2D eigenvalue weighted by molar-refractivity contribution is 0.158. The molecule has 1 aromatic heterocycles. The van der Waals surface area contributed by atoms with Crippen molar-refractivity contribution in [2.45, 2.75) is 0 Å². The summed E-state index contributed by atoms with van der Waals surface area (Å²) in [5.74, 6) is 1.40. The molecule has 31 heavy (non-hydrogen) atoms. The Morgan fingerprint density at radius 2 is 1.68 bits per heavy atom. The molecule has 3 aromatic rings. The van der Waals surface area contributed by atoms with Crippen LogP contribution in [-0.4, -0.2) is 66.1 Å². The van der Waals surface area contributed by atoms with E-state index in [0.29, 0.717) is 22.6 Å². The number of nitrogens with zero attached hydrogens (tertiary/aromatic N) is 4. The van der Waals surface area contributed by atoms with E-state index in [0.717, 1.165) is 50.6 Å². The van der Waals surface area contributed by atoms with Gasteiger partial charge in [0.2, 0.25) is 11.8 Å². The summed E-state index contributed by atoms with van der Waals surface area (Å²) in [6.45, 7) is 6.54. The number of hydrogen-bond acceptors (Lipinski definition) is 7. The number of aromatic nitrogens is 2. The number of ether oxygens (including phenoxy) is 1. The number of rotatable bonds is 8. The number of piperazine rings is 1. The van der Waals surface area contributed by atoms with E-state index in [1.807, 2.05) is 54.6 Å². The summed E-state index contributed by atoms with van der Waals surface area (Å²) in [7, 11) is 2.18. The van der Waals surface area contributed by atoms with Crippen LogP contribution in [0.25, 0.3) is 0 Å². The summed E-state index contributed by atoms with van der Waals surface area (Å²) in [6, 6.07) is 17.5. The third kappa shape index (κ3) is 6.30. The van der Waals surface area contributed by atoms with Gasteiger partial charge in [0.25, 0.3) is 0 Å². The molecule has 1 aliphatic rings. The van der Waals surface area contributed by atoms with Crippen molar-refractivity contribution in [1.82, 2.24) is 19.8 Å². The standard InChI is InChI=1S/C23H27ClN6O/c1-29-13-15-30(16-14-29)12-11-25-18-7-9-19(10-8-18)27-23-26-17-21(24)22(28-23)31-20-5-3-2-4-6-20/h2-10,17,25H,11-16H2,1H3,(H,26,27,28). The van der Waals surface area contributed by atoms with Crippen LogP contribution in [0.5, 0.6) is 11.6 Å². The van der Waals surface area contributed by atoms with E-state index in [1.165, 1.54) is 6.20 Å². The molecular formula is C23H27ClN6O. The van der Waals surface area contributed by atoms with Gasteiger partial charge in [-0.3, -0.25) is 4.90 Å². The van der Waals surface area contributed by atoms with Crippen molar-refractivity contribution in [2.24, 2.45) is 0 Å². The van der Waals surface area contributed by atoms with Gasteiger partial charge in [-0.05, 0) is 43.4 Å². The average Bonchev–Trinajstić information content (AvgIpc) is 2.79. The minimum absolute atomic E-state index is 0.313. The van der Waals surface area contributed by atoms with Crippen LogP contribution in [-0.2, 0) is 0 Å². The first kappa shape index (κ1) is 21.4. The number of hydrogen-bond donors (Lipinski definition) is 2. The minimum atomic E-state index is 0.313. The molecule has 0 saturated carbocycles. The fraction of sp³-hybridized carbons (Fsp3) is 0.304. The Kier molecular flexibility index (Phi) is 7.19. The molecule has 0 aliphatic carbocycles. The fourth-order valence-corrected chi connectivity index (χ4v) is 3.44. The molecule has 0 spiro atoms. The molecule has 1 aliphatic heterocycles. The van der Waals surface area contributed by atoms with Crippen molar-refractivity contribution in [3.05, 3.63) is 65.8 Å². The van der Waals surface area contributed by atoms with E-state index in [-0.39, 0.29) is 0 Å². The molecule has 2 heterocycles. The molecular weight excluding hydrogens is 412 g/mol. The number of para-hydroxylation sites is 1. The van der Waals surface area contributed by atoms with E-state index < -0.39 is 0 Å². The summed E-state index contributed by atoms with van der Waals surface area (Å²) in [4.78, 5) is 13.5. The lowest BCUT2D eigenvalue weighted by Crippen LogP contribution is -2.45. The highest BCUT2D eigenvalue weighted by molar-refractivity contribution is 6.31. The highest BCUT2D eigenvalue weighted by atomic mass is 35.5. The summed E-state index contributed by atoms with van der Waals surface area (Å²) in [5, 5.41) is 7.04. The Morgan fingerprint density at radius 3 is 2.42 bits per heavy atom. The maximum Gasteiger partial charge on any atom is 0.243 e. The largest absolute Gasteiger partial charge is 0.437 e. The second kappa shape index (κ2) is 10.4. The number of likely N-dealkylation sites (N-methyl/N-ethyl adjacent to an activating group) is 1. The zero-order chi connectivity index (χ0) is 21.5. The number of benzene rings is 2. The van der Waals surface area contributed by atoms with Gasteiger partial charge in [0.1, 0.15) is 10.8 Å². The van der Waals surface area contributed by atoms with Gasteiger partial charge in [0, 0.05) is 50.6 Å². The lowest BCUT2D eigenvalue weighted by atomic mass is 10.2. The van der Waals surface area contributed by atoms with E-state index in [4.69, 9.17) is 16.3 Å². The molecule has 4 rings (SSSR count). The van der Waals surface area contributed by atoms with Crippen molar-refractivity contribution in [1.29, 1.82) is 0 Å². The van der Waals surface area contributed by atoms with Gasteiger partial charge < -0.3 is 20.3 Å². The van der Waals surface area contributed by atoms with E-state index >= 15 is 0 Å². The van der Waals surface area contributed by atoms with E-state index in [9.17, 15) is 0 Å².